The van der Waals surface area contributed by atoms with Crippen molar-refractivity contribution in [3.63, 3.8) is 0 Å². The number of hydrogen-bond acceptors (Lipinski definition) is 3. The highest BCUT2D eigenvalue weighted by atomic mass is 19.2. The van der Waals surface area contributed by atoms with Gasteiger partial charge in [-0.25, -0.2) is 22.4 Å². The molecule has 0 saturated carbocycles. The number of nitrogens with zero attached hydrogens (tertiary/aromatic N) is 2. The molecule has 3 rings (SSSR count). The predicted molar refractivity (Wildman–Crippen MR) is 107 cm³/mol. The molecule has 5 nitrogen and oxygen atoms in total. The first kappa shape index (κ1) is 21.8. The Morgan fingerprint density at radius 1 is 0.742 bits per heavy atom. The zero-order valence-electron chi connectivity index (χ0n) is 16.0. The van der Waals surface area contributed by atoms with Crippen LogP contribution in [0.4, 0.5) is 17.6 Å². The Hall–Kier alpha value is -3.88. The van der Waals surface area contributed by atoms with E-state index >= 15 is 0 Å². The van der Waals surface area contributed by atoms with E-state index in [2.05, 4.69) is 13.2 Å². The van der Waals surface area contributed by atoms with Gasteiger partial charge in [0, 0.05) is 0 Å². The second-order valence-corrected chi connectivity index (χ2v) is 6.76. The van der Waals surface area contributed by atoms with Crippen molar-refractivity contribution >= 4 is 11.1 Å². The van der Waals surface area contributed by atoms with E-state index in [1.165, 1.54) is 12.1 Å². The normalized spacial score (nSPS) is 10.8. The fourth-order valence-corrected chi connectivity index (χ4v) is 2.89. The number of allylic oxidation sites excluding steroid dienone is 2. The van der Waals surface area contributed by atoms with Gasteiger partial charge < -0.3 is 5.11 Å². The molecule has 160 valence electrons. The van der Waals surface area contributed by atoms with Gasteiger partial charge in [-0.3, -0.25) is 13.9 Å². The van der Waals surface area contributed by atoms with E-state index < -0.39 is 40.4 Å². The van der Waals surface area contributed by atoms with Gasteiger partial charge in [0.2, 0.25) is 5.88 Å². The molecule has 0 amide bonds. The highest BCUT2D eigenvalue weighted by molar-refractivity contribution is 5.64. The highest BCUT2D eigenvalue weighted by Crippen LogP contribution is 2.20. The van der Waals surface area contributed by atoms with Gasteiger partial charge in [-0.2, -0.15) is 0 Å². The summed E-state index contributed by atoms with van der Waals surface area (Å²) in [5.74, 6) is -4.99. The molecule has 0 aliphatic heterocycles. The molecular formula is C22H16F4N2O3. The van der Waals surface area contributed by atoms with E-state index in [4.69, 9.17) is 0 Å². The van der Waals surface area contributed by atoms with Crippen molar-refractivity contribution in [1.29, 1.82) is 0 Å². The Bertz CT molecular complexity index is 1330. The average Bonchev–Trinajstić information content (AvgIpc) is 2.72. The monoisotopic (exact) mass is 432 g/mol. The number of hydrogen-bond donors (Lipinski definition) is 1. The van der Waals surface area contributed by atoms with Crippen molar-refractivity contribution in [1.82, 2.24) is 9.13 Å². The van der Waals surface area contributed by atoms with Gasteiger partial charge in [0.15, 0.2) is 23.3 Å². The van der Waals surface area contributed by atoms with Crippen LogP contribution < -0.4 is 11.2 Å². The van der Waals surface area contributed by atoms with Crippen molar-refractivity contribution in [2.75, 3.05) is 0 Å². The van der Waals surface area contributed by atoms with E-state index in [1.54, 1.807) is 0 Å². The molecule has 0 unspecified atom stereocenters. The van der Waals surface area contributed by atoms with Gasteiger partial charge in [0.25, 0.3) is 5.56 Å². The lowest BCUT2D eigenvalue weighted by molar-refractivity contribution is 0.404. The summed E-state index contributed by atoms with van der Waals surface area (Å²) in [5, 5.41) is 10.1. The Morgan fingerprint density at radius 3 is 1.65 bits per heavy atom. The third kappa shape index (κ3) is 4.50. The molecule has 2 aromatic carbocycles. The van der Waals surface area contributed by atoms with Gasteiger partial charge in [0.1, 0.15) is 0 Å². The average molecular weight is 432 g/mol. The van der Waals surface area contributed by atoms with Crippen LogP contribution in [0, 0.1) is 23.3 Å². The smallest absolute Gasteiger partial charge is 0.334 e. The fraction of sp³-hybridized carbons (Fsp3) is 0.0909. The molecule has 0 aliphatic rings. The lowest BCUT2D eigenvalue weighted by Crippen LogP contribution is -2.39. The zero-order chi connectivity index (χ0) is 22.9. The van der Waals surface area contributed by atoms with Crippen LogP contribution in [0.25, 0.3) is 11.1 Å². The summed E-state index contributed by atoms with van der Waals surface area (Å²) in [6, 6.07) is 6.84. The molecular weight excluding hydrogens is 416 g/mol. The van der Waals surface area contributed by atoms with Gasteiger partial charge in [-0.05, 0) is 46.5 Å². The molecule has 9 heteroatoms. The van der Waals surface area contributed by atoms with Crippen LogP contribution in [-0.2, 0) is 13.1 Å². The number of rotatable bonds is 6. The van der Waals surface area contributed by atoms with Crippen molar-refractivity contribution in [2.45, 2.75) is 13.1 Å². The first-order valence-electron chi connectivity index (χ1n) is 8.88. The van der Waals surface area contributed by atoms with Crippen molar-refractivity contribution < 1.29 is 22.7 Å². The van der Waals surface area contributed by atoms with Crippen molar-refractivity contribution in [2.24, 2.45) is 0 Å². The molecule has 0 atom stereocenters. The molecule has 1 N–H and O–H groups in total. The first-order valence-corrected chi connectivity index (χ1v) is 8.88. The van der Waals surface area contributed by atoms with Crippen LogP contribution in [0.3, 0.4) is 0 Å². The molecule has 1 heterocycles. The molecule has 0 aliphatic carbocycles. The van der Waals surface area contributed by atoms with Gasteiger partial charge in [-0.15, -0.1) is 0 Å². The van der Waals surface area contributed by atoms with Crippen LogP contribution in [0.2, 0.25) is 0 Å². The van der Waals surface area contributed by atoms with E-state index in [0.717, 1.165) is 39.5 Å². The van der Waals surface area contributed by atoms with Crippen LogP contribution in [0.5, 0.6) is 5.88 Å². The van der Waals surface area contributed by atoms with Crippen molar-refractivity contribution in [3.05, 3.63) is 111 Å². The molecule has 0 fully saturated rings. The van der Waals surface area contributed by atoms with Crippen LogP contribution in [0.15, 0.2) is 65.2 Å². The zero-order valence-corrected chi connectivity index (χ0v) is 16.0. The Morgan fingerprint density at radius 2 is 1.19 bits per heavy atom. The molecule has 1 aromatic heterocycles. The van der Waals surface area contributed by atoms with Crippen LogP contribution >= 0.6 is 0 Å². The minimum Gasteiger partial charge on any atom is -0.494 e. The molecule has 0 saturated heterocycles. The summed E-state index contributed by atoms with van der Waals surface area (Å²) in [7, 11) is 0. The summed E-state index contributed by atoms with van der Waals surface area (Å²) >= 11 is 0. The van der Waals surface area contributed by atoms with E-state index in [-0.39, 0.29) is 35.4 Å². The van der Waals surface area contributed by atoms with Crippen LogP contribution in [-0.4, -0.2) is 14.2 Å². The maximum Gasteiger partial charge on any atom is 0.334 e. The highest BCUT2D eigenvalue weighted by Gasteiger charge is 2.15. The summed E-state index contributed by atoms with van der Waals surface area (Å²) in [6.07, 6.45) is 0. The summed E-state index contributed by atoms with van der Waals surface area (Å²) < 4.78 is 54.8. The Labute approximate surface area is 173 Å². The third-order valence-corrected chi connectivity index (χ3v) is 4.61. The second kappa shape index (κ2) is 8.47. The minimum absolute atomic E-state index is 0.148. The SMILES string of the molecule is C=C(Cn1c(O)cc(=O)n(CC(=C)c2ccc(F)c(F)c2)c1=O)c1ccc(F)c(F)c1. The van der Waals surface area contributed by atoms with E-state index in [0.29, 0.717) is 0 Å². The van der Waals surface area contributed by atoms with Gasteiger partial charge >= 0.3 is 5.69 Å². The minimum atomic E-state index is -1.11. The third-order valence-electron chi connectivity index (χ3n) is 4.61. The molecule has 3 aromatic rings. The number of halogens is 4. The molecule has 0 spiro atoms. The molecule has 0 radical (unpaired) electrons. The maximum atomic E-state index is 13.5. The second-order valence-electron chi connectivity index (χ2n) is 6.76. The fourth-order valence-electron chi connectivity index (χ4n) is 2.89. The van der Waals surface area contributed by atoms with E-state index in [1.807, 2.05) is 0 Å². The molecule has 0 bridgehead atoms. The van der Waals surface area contributed by atoms with E-state index in [9.17, 15) is 32.3 Å². The van der Waals surface area contributed by atoms with Crippen molar-refractivity contribution in [3.8, 4) is 5.88 Å². The number of benzene rings is 2. The van der Waals surface area contributed by atoms with Gasteiger partial charge in [-0.1, -0.05) is 25.3 Å². The Balaban J connectivity index is 1.94. The number of aromatic hydroxyl groups is 1. The quantitative estimate of drug-likeness (QED) is 0.605. The first-order chi connectivity index (χ1) is 14.6. The summed E-state index contributed by atoms with van der Waals surface area (Å²) in [4.78, 5) is 25.0. The molecule has 31 heavy (non-hydrogen) atoms. The predicted octanol–water partition coefficient (Wildman–Crippen LogP) is 3.70. The van der Waals surface area contributed by atoms with Gasteiger partial charge in [0.05, 0.1) is 19.2 Å². The van der Waals surface area contributed by atoms with Crippen LogP contribution in [0.1, 0.15) is 11.1 Å². The lowest BCUT2D eigenvalue weighted by atomic mass is 10.1. The Kier molecular flexibility index (Phi) is 5.96. The lowest BCUT2D eigenvalue weighted by Gasteiger charge is -2.15. The largest absolute Gasteiger partial charge is 0.494 e. The standard InChI is InChI=1S/C22H16F4N2O3/c1-12(14-3-5-16(23)18(25)7-14)10-27-20(29)9-21(30)28(22(27)31)11-13(2)15-4-6-17(24)19(26)8-15/h3-9,29H,1-2,10-11H2. The summed E-state index contributed by atoms with van der Waals surface area (Å²) in [5.41, 5.74) is -1.10. The topological polar surface area (TPSA) is 64.2 Å². The summed E-state index contributed by atoms with van der Waals surface area (Å²) in [6.45, 7) is 6.72. The number of aromatic nitrogens is 2. The maximum absolute atomic E-state index is 13.5.